The van der Waals surface area contributed by atoms with Gasteiger partial charge in [0.05, 0.1) is 23.5 Å². The first-order chi connectivity index (χ1) is 7.60. The van der Waals surface area contributed by atoms with E-state index in [1.807, 2.05) is 20.9 Å². The second-order valence-electron chi connectivity index (χ2n) is 3.79. The number of nitrogens with one attached hydrogen (secondary N) is 1. The number of nitrogens with zero attached hydrogens (tertiary/aromatic N) is 2. The van der Waals surface area contributed by atoms with Gasteiger partial charge in [0.2, 0.25) is 5.91 Å². The van der Waals surface area contributed by atoms with Gasteiger partial charge in [-0.05, 0) is 12.8 Å². The van der Waals surface area contributed by atoms with Gasteiger partial charge >= 0.3 is 0 Å². The van der Waals surface area contributed by atoms with Gasteiger partial charge in [0.15, 0.2) is 0 Å². The van der Waals surface area contributed by atoms with E-state index in [1.54, 1.807) is 10.9 Å². The second-order valence-corrected chi connectivity index (χ2v) is 4.20. The molecule has 0 saturated heterocycles. The zero-order valence-corrected chi connectivity index (χ0v) is 10.7. The number of aromatic nitrogens is 2. The first-order valence-electron chi connectivity index (χ1n) is 5.54. The summed E-state index contributed by atoms with van der Waals surface area (Å²) in [7, 11) is 1.81. The number of hydrogen-bond acceptors (Lipinski definition) is 2. The molecule has 0 aliphatic carbocycles. The van der Waals surface area contributed by atoms with Crippen molar-refractivity contribution < 1.29 is 4.79 Å². The van der Waals surface area contributed by atoms with Gasteiger partial charge in [-0.15, -0.1) is 0 Å². The van der Waals surface area contributed by atoms with Crippen LogP contribution < -0.4 is 5.32 Å². The Kier molecular flexibility index (Phi) is 4.80. The third kappa shape index (κ3) is 2.98. The minimum atomic E-state index is 0.0854. The lowest BCUT2D eigenvalue weighted by atomic mass is 10.0. The highest BCUT2D eigenvalue weighted by molar-refractivity contribution is 6.31. The van der Waals surface area contributed by atoms with Gasteiger partial charge in [-0.25, -0.2) is 0 Å². The molecule has 16 heavy (non-hydrogen) atoms. The van der Waals surface area contributed by atoms with Crippen LogP contribution >= 0.6 is 11.6 Å². The number of amides is 1. The van der Waals surface area contributed by atoms with Gasteiger partial charge < -0.3 is 5.32 Å². The van der Waals surface area contributed by atoms with Crippen molar-refractivity contribution in [2.75, 3.05) is 0 Å². The Morgan fingerprint density at radius 1 is 1.56 bits per heavy atom. The predicted octanol–water partition coefficient (Wildman–Crippen LogP) is 2.13. The number of rotatable bonds is 5. The van der Waals surface area contributed by atoms with Crippen LogP contribution in [0.5, 0.6) is 0 Å². The van der Waals surface area contributed by atoms with E-state index in [1.165, 1.54) is 0 Å². The van der Waals surface area contributed by atoms with E-state index in [0.29, 0.717) is 11.6 Å². The molecule has 0 atom stereocenters. The smallest absolute Gasteiger partial charge is 0.223 e. The highest BCUT2D eigenvalue weighted by Crippen LogP contribution is 2.14. The van der Waals surface area contributed by atoms with Crippen LogP contribution in [0.25, 0.3) is 0 Å². The zero-order valence-electron chi connectivity index (χ0n) is 9.96. The summed E-state index contributed by atoms with van der Waals surface area (Å²) in [5.74, 6) is 0.175. The van der Waals surface area contributed by atoms with Crippen molar-refractivity contribution in [3.63, 3.8) is 0 Å². The molecule has 0 unspecified atom stereocenters. The molecule has 1 aromatic heterocycles. The molecule has 1 rings (SSSR count). The van der Waals surface area contributed by atoms with E-state index in [0.717, 1.165) is 18.5 Å². The van der Waals surface area contributed by atoms with Crippen molar-refractivity contribution in [2.45, 2.75) is 33.2 Å². The summed E-state index contributed by atoms with van der Waals surface area (Å²) in [6.45, 7) is 4.47. The molecule has 90 valence electrons. The fourth-order valence-corrected chi connectivity index (χ4v) is 1.84. The Morgan fingerprint density at radius 3 is 2.62 bits per heavy atom. The molecule has 1 aromatic rings. The van der Waals surface area contributed by atoms with Crippen molar-refractivity contribution in [2.24, 2.45) is 13.0 Å². The van der Waals surface area contributed by atoms with E-state index in [-0.39, 0.29) is 11.8 Å². The van der Waals surface area contributed by atoms with Gasteiger partial charge in [0.1, 0.15) is 0 Å². The normalized spacial score (nSPS) is 10.8. The summed E-state index contributed by atoms with van der Waals surface area (Å²) in [6, 6.07) is 0. The van der Waals surface area contributed by atoms with E-state index in [4.69, 9.17) is 11.6 Å². The molecule has 0 aromatic carbocycles. The average Bonchev–Trinajstić information content (AvgIpc) is 2.58. The van der Waals surface area contributed by atoms with E-state index < -0.39 is 0 Å². The number of carbonyl (C=O) groups is 1. The molecule has 0 radical (unpaired) electrons. The summed E-state index contributed by atoms with van der Waals surface area (Å²) < 4.78 is 1.68. The maximum atomic E-state index is 11.7. The van der Waals surface area contributed by atoms with Crippen molar-refractivity contribution in [1.29, 1.82) is 0 Å². The molecular weight excluding hydrogens is 226 g/mol. The predicted molar refractivity (Wildman–Crippen MR) is 64.1 cm³/mol. The third-order valence-electron chi connectivity index (χ3n) is 2.80. The molecule has 1 N–H and O–H groups in total. The molecule has 1 heterocycles. The Hall–Kier alpha value is -1.03. The van der Waals surface area contributed by atoms with Crippen LogP contribution in [0.1, 0.15) is 32.4 Å². The molecule has 0 fully saturated rings. The van der Waals surface area contributed by atoms with Crippen LogP contribution in [0.3, 0.4) is 0 Å². The fourth-order valence-electron chi connectivity index (χ4n) is 1.61. The Bertz CT molecular complexity index is 339. The van der Waals surface area contributed by atoms with Gasteiger partial charge in [-0.1, -0.05) is 25.4 Å². The van der Waals surface area contributed by atoms with Crippen LogP contribution in [0.2, 0.25) is 5.02 Å². The monoisotopic (exact) mass is 243 g/mol. The number of halogens is 1. The average molecular weight is 244 g/mol. The standard InChI is InChI=1S/C11H18ClN3O/c1-4-8(5-2)11(16)13-7-10-9(12)6-14-15(10)3/h6,8H,4-5,7H2,1-3H3,(H,13,16). The second kappa shape index (κ2) is 5.89. The summed E-state index contributed by atoms with van der Waals surface area (Å²) in [5, 5.41) is 7.49. The lowest BCUT2D eigenvalue weighted by Crippen LogP contribution is -2.30. The van der Waals surface area contributed by atoms with Gasteiger partial charge in [0.25, 0.3) is 0 Å². The van der Waals surface area contributed by atoms with Crippen LogP contribution in [0.15, 0.2) is 6.20 Å². The Morgan fingerprint density at radius 2 is 2.19 bits per heavy atom. The highest BCUT2D eigenvalue weighted by Gasteiger charge is 2.15. The van der Waals surface area contributed by atoms with Crippen LogP contribution in [-0.4, -0.2) is 15.7 Å². The largest absolute Gasteiger partial charge is 0.350 e. The van der Waals surface area contributed by atoms with E-state index in [9.17, 15) is 4.79 Å². The van der Waals surface area contributed by atoms with E-state index >= 15 is 0 Å². The molecular formula is C11H18ClN3O. The molecule has 0 aliphatic heterocycles. The van der Waals surface area contributed by atoms with E-state index in [2.05, 4.69) is 10.4 Å². The van der Waals surface area contributed by atoms with Crippen molar-refractivity contribution >= 4 is 17.5 Å². The maximum Gasteiger partial charge on any atom is 0.223 e. The fraction of sp³-hybridized carbons (Fsp3) is 0.636. The first-order valence-corrected chi connectivity index (χ1v) is 5.92. The zero-order chi connectivity index (χ0) is 12.1. The topological polar surface area (TPSA) is 46.9 Å². The number of carbonyl (C=O) groups excluding carboxylic acids is 1. The quantitative estimate of drug-likeness (QED) is 0.861. The summed E-state index contributed by atoms with van der Waals surface area (Å²) in [6.07, 6.45) is 3.31. The van der Waals surface area contributed by atoms with Crippen molar-refractivity contribution in [3.8, 4) is 0 Å². The van der Waals surface area contributed by atoms with Crippen molar-refractivity contribution in [3.05, 3.63) is 16.9 Å². The minimum Gasteiger partial charge on any atom is -0.350 e. The van der Waals surface area contributed by atoms with Crippen LogP contribution in [0, 0.1) is 5.92 Å². The summed E-state index contributed by atoms with van der Waals surface area (Å²) >= 11 is 5.94. The molecule has 4 nitrogen and oxygen atoms in total. The summed E-state index contributed by atoms with van der Waals surface area (Å²) in [4.78, 5) is 11.7. The van der Waals surface area contributed by atoms with Crippen LogP contribution in [-0.2, 0) is 18.4 Å². The number of hydrogen-bond donors (Lipinski definition) is 1. The Balaban J connectivity index is 2.55. The minimum absolute atomic E-state index is 0.0854. The van der Waals surface area contributed by atoms with Crippen LogP contribution in [0.4, 0.5) is 0 Å². The third-order valence-corrected chi connectivity index (χ3v) is 3.11. The molecule has 0 bridgehead atoms. The van der Waals surface area contributed by atoms with Gasteiger partial charge in [0, 0.05) is 13.0 Å². The molecule has 5 heteroatoms. The van der Waals surface area contributed by atoms with Gasteiger partial charge in [-0.3, -0.25) is 9.48 Å². The van der Waals surface area contributed by atoms with Crippen molar-refractivity contribution in [1.82, 2.24) is 15.1 Å². The lowest BCUT2D eigenvalue weighted by molar-refractivity contribution is -0.125. The maximum absolute atomic E-state index is 11.7. The lowest BCUT2D eigenvalue weighted by Gasteiger charge is -2.12. The number of aryl methyl sites for hydroxylation is 1. The molecule has 0 spiro atoms. The Labute approximate surface area is 101 Å². The molecule has 0 aliphatic rings. The molecule has 0 saturated carbocycles. The SMILES string of the molecule is CCC(CC)C(=O)NCc1c(Cl)cnn1C. The highest BCUT2D eigenvalue weighted by atomic mass is 35.5. The molecule has 1 amide bonds. The first kappa shape index (κ1) is 13.0. The summed E-state index contributed by atoms with van der Waals surface area (Å²) in [5.41, 5.74) is 0.834. The van der Waals surface area contributed by atoms with Gasteiger partial charge in [-0.2, -0.15) is 5.10 Å².